The highest BCUT2D eigenvalue weighted by Gasteiger charge is 2.10. The molecule has 0 N–H and O–H groups in total. The Hall–Kier alpha value is -2.36. The first-order valence-corrected chi connectivity index (χ1v) is 5.66. The summed E-state index contributed by atoms with van der Waals surface area (Å²) in [7, 11) is 3.10. The summed E-state index contributed by atoms with van der Waals surface area (Å²) in [5.41, 5.74) is 1.42. The van der Waals surface area contributed by atoms with Gasteiger partial charge in [0.25, 0.3) is 0 Å². The molecule has 0 spiro atoms. The van der Waals surface area contributed by atoms with Gasteiger partial charge in [-0.3, -0.25) is 4.79 Å². The minimum absolute atomic E-state index is 0.0382. The third-order valence-electron chi connectivity index (χ3n) is 2.85. The summed E-state index contributed by atoms with van der Waals surface area (Å²) in [5, 5.41) is 0. The normalized spacial score (nSPS) is 10.1. The van der Waals surface area contributed by atoms with Crippen LogP contribution in [0.15, 0.2) is 36.4 Å². The average Bonchev–Trinajstić information content (AvgIpc) is 2.46. The summed E-state index contributed by atoms with van der Waals surface area (Å²) in [6, 6.07) is 9.71. The van der Waals surface area contributed by atoms with Gasteiger partial charge >= 0.3 is 0 Å². The molecule has 98 valence electrons. The maximum atomic E-state index is 13.6. The summed E-state index contributed by atoms with van der Waals surface area (Å²) in [6.07, 6.45) is 0.490. The Kier molecular flexibility index (Phi) is 3.80. The maximum Gasteiger partial charge on any atom is 0.152 e. The van der Waals surface area contributed by atoms with Crippen LogP contribution < -0.4 is 9.47 Å². The lowest BCUT2D eigenvalue weighted by molar-refractivity contribution is 0.112. The van der Waals surface area contributed by atoms with Crippen LogP contribution in [0.4, 0.5) is 4.39 Å². The van der Waals surface area contributed by atoms with E-state index in [0.29, 0.717) is 23.3 Å². The number of carbonyl (C=O) groups excluding carboxylic acids is 1. The van der Waals surface area contributed by atoms with E-state index in [1.165, 1.54) is 19.2 Å². The fourth-order valence-electron chi connectivity index (χ4n) is 1.83. The van der Waals surface area contributed by atoms with E-state index in [1.807, 2.05) is 0 Å². The molecule has 0 aliphatic heterocycles. The van der Waals surface area contributed by atoms with Gasteiger partial charge in [-0.25, -0.2) is 4.39 Å². The first kappa shape index (κ1) is 13.1. The van der Waals surface area contributed by atoms with Gasteiger partial charge in [-0.05, 0) is 29.8 Å². The standard InChI is InChI=1S/C15H13FO3/c1-18-12-5-6-13(15(8-12)19-2)10-3-4-11(9-17)14(16)7-10/h3-9H,1-2H3. The Labute approximate surface area is 110 Å². The summed E-state index contributed by atoms with van der Waals surface area (Å²) in [5.74, 6) is 0.688. The van der Waals surface area contributed by atoms with Gasteiger partial charge in [0.2, 0.25) is 0 Å². The molecule has 2 rings (SSSR count). The van der Waals surface area contributed by atoms with E-state index in [1.54, 1.807) is 31.4 Å². The van der Waals surface area contributed by atoms with E-state index >= 15 is 0 Å². The molecule has 0 unspecified atom stereocenters. The number of ether oxygens (including phenoxy) is 2. The van der Waals surface area contributed by atoms with Gasteiger partial charge in [0.05, 0.1) is 19.8 Å². The van der Waals surface area contributed by atoms with Crippen molar-refractivity contribution in [2.75, 3.05) is 14.2 Å². The number of benzene rings is 2. The molecule has 0 amide bonds. The summed E-state index contributed by atoms with van der Waals surface area (Å²) >= 11 is 0. The SMILES string of the molecule is COc1ccc(-c2ccc(C=O)c(F)c2)c(OC)c1. The Balaban J connectivity index is 2.52. The Morgan fingerprint density at radius 3 is 2.42 bits per heavy atom. The molecule has 0 bridgehead atoms. The van der Waals surface area contributed by atoms with E-state index in [-0.39, 0.29) is 5.56 Å². The van der Waals surface area contributed by atoms with Crippen LogP contribution in [0.1, 0.15) is 10.4 Å². The molecule has 0 aliphatic rings. The van der Waals surface area contributed by atoms with Crippen molar-refractivity contribution < 1.29 is 18.7 Å². The van der Waals surface area contributed by atoms with Gasteiger partial charge in [-0.15, -0.1) is 0 Å². The highest BCUT2D eigenvalue weighted by molar-refractivity contribution is 5.79. The number of carbonyl (C=O) groups is 1. The van der Waals surface area contributed by atoms with E-state index < -0.39 is 5.82 Å². The van der Waals surface area contributed by atoms with Crippen LogP contribution in [0.5, 0.6) is 11.5 Å². The van der Waals surface area contributed by atoms with E-state index in [9.17, 15) is 9.18 Å². The largest absolute Gasteiger partial charge is 0.497 e. The molecule has 2 aromatic carbocycles. The third kappa shape index (κ3) is 2.57. The molecule has 0 saturated heterocycles. The minimum Gasteiger partial charge on any atom is -0.497 e. The molecule has 0 radical (unpaired) electrons. The zero-order valence-corrected chi connectivity index (χ0v) is 10.6. The van der Waals surface area contributed by atoms with Gasteiger partial charge < -0.3 is 9.47 Å². The smallest absolute Gasteiger partial charge is 0.152 e. The second-order valence-corrected chi connectivity index (χ2v) is 3.92. The van der Waals surface area contributed by atoms with E-state index in [2.05, 4.69) is 0 Å². The van der Waals surface area contributed by atoms with Crippen molar-refractivity contribution in [1.82, 2.24) is 0 Å². The lowest BCUT2D eigenvalue weighted by Gasteiger charge is -2.11. The fourth-order valence-corrected chi connectivity index (χ4v) is 1.83. The highest BCUT2D eigenvalue weighted by atomic mass is 19.1. The van der Waals surface area contributed by atoms with Crippen molar-refractivity contribution in [3.05, 3.63) is 47.8 Å². The number of hydrogen-bond donors (Lipinski definition) is 0. The lowest BCUT2D eigenvalue weighted by atomic mass is 10.0. The zero-order chi connectivity index (χ0) is 13.8. The van der Waals surface area contributed by atoms with Crippen LogP contribution in [0.25, 0.3) is 11.1 Å². The average molecular weight is 260 g/mol. The summed E-state index contributed by atoms with van der Waals surface area (Å²) in [4.78, 5) is 10.6. The van der Waals surface area contributed by atoms with Gasteiger partial charge in [-0.2, -0.15) is 0 Å². The Morgan fingerprint density at radius 1 is 1.05 bits per heavy atom. The van der Waals surface area contributed by atoms with Gasteiger partial charge in [0, 0.05) is 11.6 Å². The topological polar surface area (TPSA) is 35.5 Å². The molecular formula is C15H13FO3. The van der Waals surface area contributed by atoms with Crippen molar-refractivity contribution in [3.63, 3.8) is 0 Å². The first-order chi connectivity index (χ1) is 9.19. The molecule has 19 heavy (non-hydrogen) atoms. The molecule has 2 aromatic rings. The molecule has 0 heterocycles. The molecular weight excluding hydrogens is 247 g/mol. The zero-order valence-electron chi connectivity index (χ0n) is 10.6. The first-order valence-electron chi connectivity index (χ1n) is 5.66. The Bertz CT molecular complexity index is 608. The van der Waals surface area contributed by atoms with Crippen LogP contribution in [-0.2, 0) is 0 Å². The maximum absolute atomic E-state index is 13.6. The van der Waals surface area contributed by atoms with Gasteiger partial charge in [-0.1, -0.05) is 6.07 Å². The van der Waals surface area contributed by atoms with Crippen LogP contribution in [0, 0.1) is 5.82 Å². The molecule has 3 nitrogen and oxygen atoms in total. The second-order valence-electron chi connectivity index (χ2n) is 3.92. The highest BCUT2D eigenvalue weighted by Crippen LogP contribution is 2.33. The second kappa shape index (κ2) is 5.52. The number of methoxy groups -OCH3 is 2. The number of halogens is 1. The lowest BCUT2D eigenvalue weighted by Crippen LogP contribution is -1.92. The number of rotatable bonds is 4. The van der Waals surface area contributed by atoms with Crippen LogP contribution in [0.3, 0.4) is 0 Å². The number of hydrogen-bond acceptors (Lipinski definition) is 3. The monoisotopic (exact) mass is 260 g/mol. The minimum atomic E-state index is -0.551. The van der Waals surface area contributed by atoms with Crippen molar-refractivity contribution in [1.29, 1.82) is 0 Å². The van der Waals surface area contributed by atoms with E-state index in [4.69, 9.17) is 9.47 Å². The molecule has 0 fully saturated rings. The van der Waals surface area contributed by atoms with Crippen LogP contribution in [0.2, 0.25) is 0 Å². The quantitative estimate of drug-likeness (QED) is 0.791. The van der Waals surface area contributed by atoms with Crippen molar-refractivity contribution in [2.24, 2.45) is 0 Å². The molecule has 0 atom stereocenters. The third-order valence-corrected chi connectivity index (χ3v) is 2.85. The molecule has 0 aliphatic carbocycles. The number of aldehydes is 1. The Morgan fingerprint density at radius 2 is 1.84 bits per heavy atom. The van der Waals surface area contributed by atoms with Crippen LogP contribution >= 0.6 is 0 Å². The predicted molar refractivity (Wildman–Crippen MR) is 70.3 cm³/mol. The van der Waals surface area contributed by atoms with E-state index in [0.717, 1.165) is 5.56 Å². The van der Waals surface area contributed by atoms with Crippen molar-refractivity contribution >= 4 is 6.29 Å². The van der Waals surface area contributed by atoms with Crippen molar-refractivity contribution in [2.45, 2.75) is 0 Å². The van der Waals surface area contributed by atoms with Gasteiger partial charge in [0.15, 0.2) is 6.29 Å². The molecule has 4 heteroatoms. The van der Waals surface area contributed by atoms with Crippen molar-refractivity contribution in [3.8, 4) is 22.6 Å². The summed E-state index contributed by atoms with van der Waals surface area (Å²) in [6.45, 7) is 0. The predicted octanol–water partition coefficient (Wildman–Crippen LogP) is 3.32. The van der Waals surface area contributed by atoms with Crippen LogP contribution in [-0.4, -0.2) is 20.5 Å². The fraction of sp³-hybridized carbons (Fsp3) is 0.133. The molecule has 0 saturated carbocycles. The summed E-state index contributed by atoms with van der Waals surface area (Å²) < 4.78 is 24.0. The van der Waals surface area contributed by atoms with Gasteiger partial charge in [0.1, 0.15) is 17.3 Å². The molecule has 0 aromatic heterocycles.